The summed E-state index contributed by atoms with van der Waals surface area (Å²) in [5.74, 6) is 0. The fourth-order valence-corrected chi connectivity index (χ4v) is 3.69. The van der Waals surface area contributed by atoms with Crippen molar-refractivity contribution in [1.82, 2.24) is 0 Å². The predicted molar refractivity (Wildman–Crippen MR) is 115 cm³/mol. The zero-order chi connectivity index (χ0) is 19.2. The van der Waals surface area contributed by atoms with Crippen molar-refractivity contribution in [2.75, 3.05) is 11.5 Å². The second kappa shape index (κ2) is 6.53. The van der Waals surface area contributed by atoms with Crippen LogP contribution >= 0.6 is 0 Å². The van der Waals surface area contributed by atoms with Crippen LogP contribution in [0.5, 0.6) is 0 Å². The summed E-state index contributed by atoms with van der Waals surface area (Å²) in [5.41, 5.74) is 26.2. The van der Waals surface area contributed by atoms with Crippen LogP contribution in [0.3, 0.4) is 0 Å². The van der Waals surface area contributed by atoms with Crippen molar-refractivity contribution in [2.45, 2.75) is 41.5 Å². The van der Waals surface area contributed by atoms with Gasteiger partial charge in [-0.2, -0.15) is 0 Å². The van der Waals surface area contributed by atoms with E-state index in [1.165, 1.54) is 50.1 Å². The lowest BCUT2D eigenvalue weighted by atomic mass is 9.83. The van der Waals surface area contributed by atoms with E-state index in [-0.39, 0.29) is 0 Å². The Labute approximate surface area is 156 Å². The van der Waals surface area contributed by atoms with Crippen LogP contribution in [0.15, 0.2) is 36.4 Å². The van der Waals surface area contributed by atoms with Crippen LogP contribution in [0.2, 0.25) is 0 Å². The first kappa shape index (κ1) is 18.1. The zero-order valence-electron chi connectivity index (χ0n) is 16.6. The third-order valence-corrected chi connectivity index (χ3v) is 5.80. The number of anilines is 2. The molecule has 0 fully saturated rings. The molecule has 2 heteroatoms. The Bertz CT molecular complexity index is 987. The van der Waals surface area contributed by atoms with E-state index in [2.05, 4.69) is 71.9 Å². The first-order valence-corrected chi connectivity index (χ1v) is 9.06. The largest absolute Gasteiger partial charge is 0.397 e. The summed E-state index contributed by atoms with van der Waals surface area (Å²) < 4.78 is 0. The topological polar surface area (TPSA) is 52.0 Å². The second-order valence-electron chi connectivity index (χ2n) is 7.37. The maximum atomic E-state index is 6.49. The molecule has 0 bridgehead atoms. The fourth-order valence-electron chi connectivity index (χ4n) is 3.69. The number of hydrogen-bond acceptors (Lipinski definition) is 2. The molecule has 0 atom stereocenters. The van der Waals surface area contributed by atoms with E-state index in [0.717, 1.165) is 5.56 Å². The molecule has 0 heterocycles. The number of nitrogen functional groups attached to an aromatic ring is 2. The van der Waals surface area contributed by atoms with Gasteiger partial charge in [0.1, 0.15) is 0 Å². The first-order valence-electron chi connectivity index (χ1n) is 9.06. The SMILES string of the molecule is Cc1cccc(-c2ccc(C)c(C)c2-c2c(C)c(C)cc(N)c2N)c1C. The van der Waals surface area contributed by atoms with Gasteiger partial charge in [-0.25, -0.2) is 0 Å². The van der Waals surface area contributed by atoms with Gasteiger partial charge in [0.2, 0.25) is 0 Å². The Morgan fingerprint density at radius 3 is 1.88 bits per heavy atom. The van der Waals surface area contributed by atoms with Crippen molar-refractivity contribution in [2.24, 2.45) is 0 Å². The van der Waals surface area contributed by atoms with E-state index in [9.17, 15) is 0 Å². The average Bonchev–Trinajstić information content (AvgIpc) is 2.60. The summed E-state index contributed by atoms with van der Waals surface area (Å²) in [4.78, 5) is 0. The van der Waals surface area contributed by atoms with Gasteiger partial charge in [0.05, 0.1) is 11.4 Å². The van der Waals surface area contributed by atoms with Crippen LogP contribution in [0.1, 0.15) is 33.4 Å². The van der Waals surface area contributed by atoms with Crippen molar-refractivity contribution in [3.05, 3.63) is 69.8 Å². The molecule has 0 aliphatic heterocycles. The molecular formula is C24H28N2. The van der Waals surface area contributed by atoms with Gasteiger partial charge < -0.3 is 11.5 Å². The van der Waals surface area contributed by atoms with Crippen LogP contribution in [0.25, 0.3) is 22.3 Å². The summed E-state index contributed by atoms with van der Waals surface area (Å²) in [6, 6.07) is 12.9. The monoisotopic (exact) mass is 344 g/mol. The maximum absolute atomic E-state index is 6.49. The average molecular weight is 345 g/mol. The number of aryl methyl sites for hydroxylation is 3. The molecule has 2 nitrogen and oxygen atoms in total. The van der Waals surface area contributed by atoms with Gasteiger partial charge in [-0.3, -0.25) is 0 Å². The predicted octanol–water partition coefficient (Wildman–Crippen LogP) is 6.04. The van der Waals surface area contributed by atoms with E-state index >= 15 is 0 Å². The van der Waals surface area contributed by atoms with Crippen molar-refractivity contribution in [3.63, 3.8) is 0 Å². The molecule has 4 N–H and O–H groups in total. The normalized spacial score (nSPS) is 11.0. The van der Waals surface area contributed by atoms with Crippen molar-refractivity contribution < 1.29 is 0 Å². The van der Waals surface area contributed by atoms with E-state index in [1.807, 2.05) is 6.07 Å². The van der Waals surface area contributed by atoms with Crippen LogP contribution in [-0.2, 0) is 0 Å². The number of rotatable bonds is 2. The standard InChI is InChI=1S/C24H28N2/c1-13-8-7-9-19(16(13)4)20-11-10-14(2)17(5)22(20)23-18(6)15(3)12-21(25)24(23)26/h7-12H,25-26H2,1-6H3. The summed E-state index contributed by atoms with van der Waals surface area (Å²) in [6.45, 7) is 12.9. The molecule has 3 rings (SSSR count). The van der Waals surface area contributed by atoms with Gasteiger partial charge in [0.15, 0.2) is 0 Å². The summed E-state index contributed by atoms with van der Waals surface area (Å²) >= 11 is 0. The van der Waals surface area contributed by atoms with Crippen LogP contribution < -0.4 is 11.5 Å². The molecule has 26 heavy (non-hydrogen) atoms. The molecule has 0 radical (unpaired) electrons. The highest BCUT2D eigenvalue weighted by Crippen LogP contribution is 2.44. The van der Waals surface area contributed by atoms with Crippen LogP contribution in [0.4, 0.5) is 11.4 Å². The van der Waals surface area contributed by atoms with Crippen molar-refractivity contribution in [3.8, 4) is 22.3 Å². The quantitative estimate of drug-likeness (QED) is 0.557. The molecular weight excluding hydrogens is 316 g/mol. The van der Waals surface area contributed by atoms with Gasteiger partial charge in [-0.1, -0.05) is 30.3 Å². The molecule has 0 aromatic heterocycles. The number of nitrogens with two attached hydrogens (primary N) is 2. The summed E-state index contributed by atoms with van der Waals surface area (Å²) in [6.07, 6.45) is 0. The van der Waals surface area contributed by atoms with Gasteiger partial charge in [0, 0.05) is 5.56 Å². The minimum absolute atomic E-state index is 0.649. The maximum Gasteiger partial charge on any atom is 0.0630 e. The van der Waals surface area contributed by atoms with Crippen LogP contribution in [0, 0.1) is 41.5 Å². The molecule has 134 valence electrons. The number of benzene rings is 3. The lowest BCUT2D eigenvalue weighted by Gasteiger charge is -2.22. The molecule has 3 aromatic carbocycles. The molecule has 0 aliphatic rings. The van der Waals surface area contributed by atoms with Gasteiger partial charge in [-0.15, -0.1) is 0 Å². The smallest absolute Gasteiger partial charge is 0.0630 e. The molecule has 0 saturated heterocycles. The van der Waals surface area contributed by atoms with Gasteiger partial charge in [0.25, 0.3) is 0 Å². The van der Waals surface area contributed by atoms with E-state index in [0.29, 0.717) is 11.4 Å². The summed E-state index contributed by atoms with van der Waals surface area (Å²) in [7, 11) is 0. The molecule has 3 aromatic rings. The lowest BCUT2D eigenvalue weighted by Crippen LogP contribution is -2.04. The number of hydrogen-bond donors (Lipinski definition) is 2. The van der Waals surface area contributed by atoms with Gasteiger partial charge >= 0.3 is 0 Å². The van der Waals surface area contributed by atoms with E-state index in [4.69, 9.17) is 11.5 Å². The third kappa shape index (κ3) is 2.76. The zero-order valence-corrected chi connectivity index (χ0v) is 16.6. The summed E-state index contributed by atoms with van der Waals surface area (Å²) in [5, 5.41) is 0. The lowest BCUT2D eigenvalue weighted by molar-refractivity contribution is 1.29. The van der Waals surface area contributed by atoms with Crippen LogP contribution in [-0.4, -0.2) is 0 Å². The Morgan fingerprint density at radius 1 is 0.577 bits per heavy atom. The molecule has 0 amide bonds. The Hall–Kier alpha value is -2.74. The molecule has 0 spiro atoms. The molecule has 0 unspecified atom stereocenters. The highest BCUT2D eigenvalue weighted by molar-refractivity contribution is 5.97. The van der Waals surface area contributed by atoms with Crippen molar-refractivity contribution >= 4 is 11.4 Å². The highest BCUT2D eigenvalue weighted by atomic mass is 14.7. The van der Waals surface area contributed by atoms with E-state index in [1.54, 1.807) is 0 Å². The minimum atomic E-state index is 0.649. The third-order valence-electron chi connectivity index (χ3n) is 5.80. The van der Waals surface area contributed by atoms with Crippen molar-refractivity contribution in [1.29, 1.82) is 0 Å². The van der Waals surface area contributed by atoms with E-state index < -0.39 is 0 Å². The minimum Gasteiger partial charge on any atom is -0.397 e. The molecule has 0 aliphatic carbocycles. The molecule has 0 saturated carbocycles. The highest BCUT2D eigenvalue weighted by Gasteiger charge is 2.20. The second-order valence-corrected chi connectivity index (χ2v) is 7.37. The Kier molecular flexibility index (Phi) is 4.53. The first-order chi connectivity index (χ1) is 12.2. The fraction of sp³-hybridized carbons (Fsp3) is 0.250. The Balaban J connectivity index is 2.47. The Morgan fingerprint density at radius 2 is 1.19 bits per heavy atom. The van der Waals surface area contributed by atoms with Gasteiger partial charge in [-0.05, 0) is 97.7 Å².